The van der Waals surface area contributed by atoms with Crippen LogP contribution in [0.2, 0.25) is 0 Å². The highest BCUT2D eigenvalue weighted by Gasteiger charge is 2.56. The van der Waals surface area contributed by atoms with Gasteiger partial charge in [0, 0.05) is 32.0 Å². The molecule has 0 spiro atoms. The van der Waals surface area contributed by atoms with Crippen LogP contribution >= 0.6 is 0 Å². The number of methoxy groups -OCH3 is 1. The number of cyclic esters (lactones) is 1. The van der Waals surface area contributed by atoms with Crippen LogP contribution in [0.4, 0.5) is 4.79 Å². The molecule has 15 heteroatoms. The van der Waals surface area contributed by atoms with Crippen molar-refractivity contribution in [3.8, 4) is 23.0 Å². The summed E-state index contributed by atoms with van der Waals surface area (Å²) in [5.74, 6) is -0.602. The fraction of sp³-hybridized carbons (Fsp3) is 0.588. The van der Waals surface area contributed by atoms with Crippen molar-refractivity contribution < 1.29 is 62.4 Å². The fourth-order valence-electron chi connectivity index (χ4n) is 7.41. The minimum absolute atomic E-state index is 0.0250. The van der Waals surface area contributed by atoms with Gasteiger partial charge in [0.2, 0.25) is 6.79 Å². The number of rotatable bonds is 8. The highest BCUT2D eigenvalue weighted by atomic mass is 16.8. The molecule has 7 rings (SSSR count). The predicted molar refractivity (Wildman–Crippen MR) is 167 cm³/mol. The third-order valence-corrected chi connectivity index (χ3v) is 9.92. The number of nitrogens with one attached hydrogen (secondary N) is 1. The van der Waals surface area contributed by atoms with Crippen LogP contribution in [0.25, 0.3) is 0 Å². The van der Waals surface area contributed by atoms with Gasteiger partial charge in [0.25, 0.3) is 0 Å². The average molecular weight is 687 g/mol. The highest BCUT2D eigenvalue weighted by Crippen LogP contribution is 2.56. The first-order valence-electron chi connectivity index (χ1n) is 16.4. The normalized spacial score (nSPS) is 32.8. The second kappa shape index (κ2) is 13.5. The molecule has 2 unspecified atom stereocenters. The smallest absolute Gasteiger partial charge is 0.415 e. The molecular weight excluding hydrogens is 644 g/mol. The van der Waals surface area contributed by atoms with Crippen molar-refractivity contribution >= 4 is 12.1 Å². The van der Waals surface area contributed by atoms with Gasteiger partial charge < -0.3 is 63.1 Å². The first-order chi connectivity index (χ1) is 23.6. The maximum Gasteiger partial charge on any atom is 0.415 e. The number of ether oxygens (including phenoxy) is 9. The molecule has 3 N–H and O–H groups in total. The zero-order valence-electron chi connectivity index (χ0n) is 28.0. The van der Waals surface area contributed by atoms with Gasteiger partial charge in [-0.15, -0.1) is 0 Å². The molecule has 3 saturated heterocycles. The lowest BCUT2D eigenvalue weighted by atomic mass is 9.66. The van der Waals surface area contributed by atoms with E-state index in [-0.39, 0.29) is 25.8 Å². The molecule has 0 saturated carbocycles. The third kappa shape index (κ3) is 6.07. The van der Waals surface area contributed by atoms with Crippen LogP contribution in [0.15, 0.2) is 24.3 Å². The Kier molecular flexibility index (Phi) is 9.34. The Bertz CT molecular complexity index is 1590. The van der Waals surface area contributed by atoms with Crippen molar-refractivity contribution in [3.05, 3.63) is 46.5 Å². The lowest BCUT2D eigenvalue weighted by Crippen LogP contribution is -2.63. The van der Waals surface area contributed by atoms with Crippen LogP contribution in [0, 0.1) is 18.8 Å². The molecule has 3 fully saturated rings. The Morgan fingerprint density at radius 3 is 2.53 bits per heavy atom. The van der Waals surface area contributed by atoms with Gasteiger partial charge in [-0.2, -0.15) is 0 Å². The molecule has 2 aromatic carbocycles. The maximum absolute atomic E-state index is 13.6. The summed E-state index contributed by atoms with van der Waals surface area (Å²) in [6.45, 7) is 4.77. The topological polar surface area (TPSA) is 173 Å². The van der Waals surface area contributed by atoms with Crippen LogP contribution < -0.4 is 24.3 Å². The highest BCUT2D eigenvalue weighted by molar-refractivity contribution is 5.79. The van der Waals surface area contributed by atoms with Gasteiger partial charge in [-0.05, 0) is 61.3 Å². The molecule has 15 nitrogen and oxygen atoms in total. The molecule has 5 aliphatic rings. The van der Waals surface area contributed by atoms with E-state index in [1.165, 1.54) is 12.0 Å². The van der Waals surface area contributed by atoms with Crippen molar-refractivity contribution in [1.82, 2.24) is 10.2 Å². The molecule has 2 aromatic rings. The van der Waals surface area contributed by atoms with Crippen molar-refractivity contribution in [1.29, 1.82) is 0 Å². The Morgan fingerprint density at radius 1 is 1.04 bits per heavy atom. The number of amides is 1. The molecule has 4 aliphatic heterocycles. The predicted octanol–water partition coefficient (Wildman–Crippen LogP) is 1.58. The summed E-state index contributed by atoms with van der Waals surface area (Å²) < 4.78 is 52.6. The lowest BCUT2D eigenvalue weighted by Gasteiger charge is -2.47. The van der Waals surface area contributed by atoms with E-state index >= 15 is 0 Å². The quantitative estimate of drug-likeness (QED) is 0.342. The number of benzene rings is 2. The summed E-state index contributed by atoms with van der Waals surface area (Å²) in [5, 5.41) is 25.2. The van der Waals surface area contributed by atoms with Crippen LogP contribution in [0.3, 0.4) is 0 Å². The van der Waals surface area contributed by atoms with E-state index in [0.29, 0.717) is 47.0 Å². The van der Waals surface area contributed by atoms with Crippen LogP contribution in [0.5, 0.6) is 23.0 Å². The monoisotopic (exact) mass is 686 g/mol. The van der Waals surface area contributed by atoms with E-state index in [1.54, 1.807) is 27.1 Å². The first-order valence-corrected chi connectivity index (χ1v) is 16.4. The first kappa shape index (κ1) is 33.8. The van der Waals surface area contributed by atoms with Crippen molar-refractivity contribution in [2.75, 3.05) is 54.3 Å². The number of likely N-dealkylation sites (N-methyl/N-ethyl adjacent to an activating group) is 2. The summed E-state index contributed by atoms with van der Waals surface area (Å²) in [5.41, 5.74) is 2.75. The van der Waals surface area contributed by atoms with Gasteiger partial charge in [0.15, 0.2) is 35.6 Å². The number of aliphatic hydroxyl groups is 2. The maximum atomic E-state index is 13.6. The Morgan fingerprint density at radius 2 is 1.80 bits per heavy atom. The largest absolute Gasteiger partial charge is 0.493 e. The third-order valence-electron chi connectivity index (χ3n) is 9.92. The van der Waals surface area contributed by atoms with Crippen molar-refractivity contribution in [2.45, 2.75) is 62.9 Å². The van der Waals surface area contributed by atoms with Gasteiger partial charge >= 0.3 is 12.1 Å². The zero-order valence-corrected chi connectivity index (χ0v) is 28.0. The van der Waals surface area contributed by atoms with Crippen LogP contribution in [-0.4, -0.2) is 118 Å². The number of aliphatic hydroxyl groups excluding tert-OH is 2. The van der Waals surface area contributed by atoms with Crippen LogP contribution in [-0.2, 0) is 28.5 Å². The molecule has 0 aromatic heterocycles. The van der Waals surface area contributed by atoms with E-state index in [2.05, 4.69) is 5.32 Å². The zero-order chi connectivity index (χ0) is 34.6. The van der Waals surface area contributed by atoms with E-state index in [1.807, 2.05) is 25.1 Å². The molecule has 1 amide bonds. The van der Waals surface area contributed by atoms with Crippen molar-refractivity contribution in [3.63, 3.8) is 0 Å². The molecule has 0 bridgehead atoms. The summed E-state index contributed by atoms with van der Waals surface area (Å²) in [4.78, 5) is 28.0. The van der Waals surface area contributed by atoms with Gasteiger partial charge in [-0.3, -0.25) is 4.79 Å². The van der Waals surface area contributed by atoms with Gasteiger partial charge in [-0.1, -0.05) is 6.07 Å². The lowest BCUT2D eigenvalue weighted by molar-refractivity contribution is -0.364. The second-order valence-electron chi connectivity index (χ2n) is 13.0. The minimum atomic E-state index is -1.45. The number of aryl methyl sites for hydroxylation is 1. The molecule has 1 aliphatic carbocycles. The second-order valence-corrected chi connectivity index (χ2v) is 13.0. The minimum Gasteiger partial charge on any atom is -0.493 e. The Balaban J connectivity index is 1.26. The Hall–Kier alpha value is -3.70. The molecular formula is C34H42N2O13. The molecule has 4 heterocycles. The molecule has 0 radical (unpaired) electrons. The SMILES string of the molecule is CNCCN(C)C(=O)Oc1c(C)cc([C@@H]2c3cc4c(cc3C(OC3O[C@@H]5CO[C@@H](C)O[C@H]5[C@H](O)[C@H]3O)[C@H]3COC(=O)[C@H]23)OCO4)cc1OC. The summed E-state index contributed by atoms with van der Waals surface area (Å²) >= 11 is 0. The number of esters is 1. The molecule has 10 atom stereocenters. The van der Waals surface area contributed by atoms with E-state index in [0.717, 1.165) is 5.56 Å². The number of fused-ring (bicyclic) bond motifs is 4. The summed E-state index contributed by atoms with van der Waals surface area (Å²) in [7, 11) is 4.94. The fourth-order valence-corrected chi connectivity index (χ4v) is 7.41. The van der Waals surface area contributed by atoms with Gasteiger partial charge in [0.05, 0.1) is 32.3 Å². The van der Waals surface area contributed by atoms with Crippen LogP contribution in [0.1, 0.15) is 41.2 Å². The van der Waals surface area contributed by atoms with E-state index < -0.39 is 72.9 Å². The summed E-state index contributed by atoms with van der Waals surface area (Å²) in [6.07, 6.45) is -7.40. The molecule has 49 heavy (non-hydrogen) atoms. The number of hydrogen-bond acceptors (Lipinski definition) is 14. The average Bonchev–Trinajstić information content (AvgIpc) is 3.72. The number of nitrogens with zero attached hydrogens (tertiary/aromatic N) is 1. The Labute approximate surface area is 283 Å². The molecule has 266 valence electrons. The summed E-state index contributed by atoms with van der Waals surface area (Å²) in [6, 6.07) is 7.29. The van der Waals surface area contributed by atoms with Gasteiger partial charge in [0.1, 0.15) is 24.4 Å². The van der Waals surface area contributed by atoms with E-state index in [4.69, 9.17) is 42.6 Å². The van der Waals surface area contributed by atoms with Gasteiger partial charge in [-0.25, -0.2) is 4.79 Å². The standard InChI is InChI=1S/C34H42N2O13/c1-15-8-17(9-23(41-5)29(15)49-34(40)36(4)7-6-35-3)25-18-10-21-22(45-14-44-21)11-19(18)30(20-12-43-32(39)26(20)25)48-33-28(38)27(37)31-24(47-33)13-42-16(2)46-31/h8-11,16,20,24-28,30-31,33,35,37-38H,6-7,12-14H2,1-5H3/t16-,20+,24-,25-,26+,27-,28-,30?,31-,33?/m1/s1. The van der Waals surface area contributed by atoms with Crippen molar-refractivity contribution in [2.24, 2.45) is 11.8 Å². The number of carbonyl (C=O) groups is 2. The van der Waals surface area contributed by atoms with E-state index in [9.17, 15) is 19.8 Å². The number of hydrogen-bond donors (Lipinski definition) is 3. The number of carbonyl (C=O) groups excluding carboxylic acids is 2.